The molecular formula is C44H61N11O18. The molecule has 29 heteroatoms. The fraction of sp³-hybridized carbons (Fsp3) is 0.455. The van der Waals surface area contributed by atoms with Crippen LogP contribution in [0.15, 0.2) is 48.5 Å². The van der Waals surface area contributed by atoms with Crippen LogP contribution in [0.2, 0.25) is 0 Å². The minimum absolute atomic E-state index is 0.112. The summed E-state index contributed by atoms with van der Waals surface area (Å²) in [6.07, 6.45) is -4.94. The number of primary amides is 2. The number of hydrogen-bond donors (Lipinski definition) is 17. The van der Waals surface area contributed by atoms with Gasteiger partial charge in [-0.15, -0.1) is 0 Å². The van der Waals surface area contributed by atoms with Crippen molar-refractivity contribution in [1.29, 1.82) is 0 Å². The van der Waals surface area contributed by atoms with Crippen molar-refractivity contribution in [2.75, 3.05) is 13.2 Å². The second kappa shape index (κ2) is 29.0. The van der Waals surface area contributed by atoms with Gasteiger partial charge < -0.3 is 90.4 Å². The zero-order chi connectivity index (χ0) is 55.3. The van der Waals surface area contributed by atoms with Crippen molar-refractivity contribution in [3.8, 4) is 11.5 Å². The van der Waals surface area contributed by atoms with E-state index in [-0.39, 0.29) is 24.3 Å². The number of amides is 10. The normalized spacial score (nSPS) is 14.6. The van der Waals surface area contributed by atoms with Crippen LogP contribution in [0.5, 0.6) is 11.5 Å². The number of aliphatic hydroxyl groups excluding tert-OH is 2. The Morgan fingerprint density at radius 2 is 0.932 bits per heavy atom. The molecule has 20 N–H and O–H groups in total. The molecule has 29 nitrogen and oxygen atoms in total. The molecule has 0 bridgehead atoms. The van der Waals surface area contributed by atoms with Crippen molar-refractivity contribution >= 4 is 71.0 Å². The second-order valence-corrected chi connectivity index (χ2v) is 16.8. The molecule has 0 spiro atoms. The highest BCUT2D eigenvalue weighted by Gasteiger charge is 2.36. The first-order valence-electron chi connectivity index (χ1n) is 22.1. The summed E-state index contributed by atoms with van der Waals surface area (Å²) in [5, 5.41) is 76.5. The number of aliphatic hydroxyl groups is 2. The highest BCUT2D eigenvalue weighted by atomic mass is 16.4. The van der Waals surface area contributed by atoms with Crippen molar-refractivity contribution in [2.24, 2.45) is 23.1 Å². The second-order valence-electron chi connectivity index (χ2n) is 16.8. The minimum Gasteiger partial charge on any atom is -0.508 e. The van der Waals surface area contributed by atoms with Crippen LogP contribution in [0.1, 0.15) is 51.2 Å². The number of carbonyl (C=O) groups is 12. The van der Waals surface area contributed by atoms with E-state index in [1.165, 1.54) is 62.4 Å². The molecule has 0 aromatic heterocycles. The lowest BCUT2D eigenvalue weighted by Crippen LogP contribution is -2.61. The molecule has 73 heavy (non-hydrogen) atoms. The third-order valence-electron chi connectivity index (χ3n) is 10.4. The molecule has 2 aromatic rings. The SMILES string of the molecule is CC(C)[C@H](NC(=O)[C@H](CC(=O)O)NC(=O)[C@H](CO)NC(=O)[C@@H](N)CC(N)=O)C(=O)NCC(=O)N[C@H](C(=O)N[C@@H](Cc1ccc(O)cc1)C(=O)N[C@@H](CC(N)=O)C(=O)N[C@@H](Cc1ccc(O)cc1)C(=O)O)[C@@H](C)O. The molecular weight excluding hydrogens is 971 g/mol. The van der Waals surface area contributed by atoms with Gasteiger partial charge in [0.1, 0.15) is 53.8 Å². The molecule has 2 aromatic carbocycles. The van der Waals surface area contributed by atoms with Crippen molar-refractivity contribution in [2.45, 2.75) is 107 Å². The number of aromatic hydroxyl groups is 2. The van der Waals surface area contributed by atoms with Gasteiger partial charge in [-0.25, -0.2) is 4.79 Å². The summed E-state index contributed by atoms with van der Waals surface area (Å²) >= 11 is 0. The lowest BCUT2D eigenvalue weighted by Gasteiger charge is -2.27. The zero-order valence-corrected chi connectivity index (χ0v) is 39.7. The third kappa shape index (κ3) is 21.2. The van der Waals surface area contributed by atoms with E-state index in [2.05, 4.69) is 31.9 Å². The summed E-state index contributed by atoms with van der Waals surface area (Å²) in [4.78, 5) is 153. The summed E-state index contributed by atoms with van der Waals surface area (Å²) < 4.78 is 0. The van der Waals surface area contributed by atoms with Crippen LogP contribution >= 0.6 is 0 Å². The van der Waals surface area contributed by atoms with Gasteiger partial charge in [0, 0.05) is 12.8 Å². The Morgan fingerprint density at radius 1 is 0.507 bits per heavy atom. The largest absolute Gasteiger partial charge is 0.508 e. The van der Waals surface area contributed by atoms with E-state index in [9.17, 15) is 88.2 Å². The maximum atomic E-state index is 13.9. The molecule has 10 amide bonds. The number of aliphatic carboxylic acids is 2. The van der Waals surface area contributed by atoms with Gasteiger partial charge in [0.2, 0.25) is 59.1 Å². The number of benzene rings is 2. The van der Waals surface area contributed by atoms with Crippen LogP contribution in [-0.4, -0.2) is 169 Å². The molecule has 0 unspecified atom stereocenters. The number of nitrogens with two attached hydrogens (primary N) is 3. The minimum atomic E-state index is -1.92. The van der Waals surface area contributed by atoms with E-state index in [0.717, 1.165) is 6.92 Å². The third-order valence-corrected chi connectivity index (χ3v) is 10.4. The van der Waals surface area contributed by atoms with E-state index < -0.39 is 164 Å². The summed E-state index contributed by atoms with van der Waals surface area (Å²) in [5.41, 5.74) is 16.6. The lowest BCUT2D eigenvalue weighted by atomic mass is 10.0. The average molecular weight is 1030 g/mol. The standard InChI is InChI=1S/C44H61N11O18/c1-19(2)35(55-40(68)28(16-34(63)64)50-41(69)30(18-56)53-37(65)25(45)14-31(46)60)42(70)48-17-33(62)54-36(20(3)57)43(71)51-26(12-21-4-8-23(58)9-5-21)38(66)49-27(15-32(47)61)39(67)52-29(44(72)73)13-22-6-10-24(59)11-7-22/h4-11,19-20,25-30,35-36,56-59H,12-18,45H2,1-3H3,(H2,46,60)(H2,47,61)(H,48,70)(H,49,66)(H,50,69)(H,51,71)(H,52,67)(H,53,65)(H,54,62)(H,55,68)(H,63,64)(H,72,73)/t20-,25+,26+,27+,28+,29+,30+,35+,36+/m1/s1. The monoisotopic (exact) mass is 1030 g/mol. The summed E-state index contributed by atoms with van der Waals surface area (Å²) in [6, 6.07) is -3.16. The Bertz CT molecular complexity index is 2330. The molecule has 0 radical (unpaired) electrons. The number of rotatable bonds is 30. The van der Waals surface area contributed by atoms with Crippen molar-refractivity contribution in [3.05, 3.63) is 59.7 Å². The molecule has 0 saturated heterocycles. The van der Waals surface area contributed by atoms with Crippen LogP contribution in [0.25, 0.3) is 0 Å². The number of hydrogen-bond acceptors (Lipinski definition) is 17. The smallest absolute Gasteiger partial charge is 0.326 e. The lowest BCUT2D eigenvalue weighted by molar-refractivity contribution is -0.142. The van der Waals surface area contributed by atoms with Gasteiger partial charge in [-0.1, -0.05) is 38.1 Å². The zero-order valence-electron chi connectivity index (χ0n) is 39.7. The van der Waals surface area contributed by atoms with E-state index in [1.54, 1.807) is 0 Å². The molecule has 0 saturated carbocycles. The van der Waals surface area contributed by atoms with E-state index in [4.69, 9.17) is 17.2 Å². The Morgan fingerprint density at radius 3 is 1.38 bits per heavy atom. The first kappa shape index (κ1) is 60.7. The summed E-state index contributed by atoms with van der Waals surface area (Å²) in [7, 11) is 0. The Balaban J connectivity index is 2.25. The average Bonchev–Trinajstić information content (AvgIpc) is 3.30. The van der Waals surface area contributed by atoms with Gasteiger partial charge in [-0.3, -0.25) is 52.7 Å². The maximum Gasteiger partial charge on any atom is 0.326 e. The summed E-state index contributed by atoms with van der Waals surface area (Å²) in [5.74, 6) is -15.5. The number of phenolic OH excluding ortho intramolecular Hbond substituents is 2. The molecule has 0 aliphatic rings. The van der Waals surface area contributed by atoms with E-state index in [0.29, 0.717) is 11.1 Å². The first-order chi connectivity index (χ1) is 34.1. The molecule has 2 rings (SSSR count). The predicted octanol–water partition coefficient (Wildman–Crippen LogP) is -6.94. The molecule has 400 valence electrons. The fourth-order valence-corrected chi connectivity index (χ4v) is 6.50. The highest BCUT2D eigenvalue weighted by Crippen LogP contribution is 2.14. The predicted molar refractivity (Wildman–Crippen MR) is 249 cm³/mol. The van der Waals surface area contributed by atoms with Crippen LogP contribution in [0, 0.1) is 5.92 Å². The quantitative estimate of drug-likeness (QED) is 0.0346. The number of nitrogens with one attached hydrogen (secondary N) is 8. The topological polar surface area (TPSA) is 501 Å². The first-order valence-corrected chi connectivity index (χ1v) is 22.1. The fourth-order valence-electron chi connectivity index (χ4n) is 6.50. The molecule has 0 aliphatic heterocycles. The maximum absolute atomic E-state index is 13.9. The molecule has 9 atom stereocenters. The van der Waals surface area contributed by atoms with Crippen LogP contribution in [0.4, 0.5) is 0 Å². The van der Waals surface area contributed by atoms with Gasteiger partial charge in [0.15, 0.2) is 0 Å². The van der Waals surface area contributed by atoms with E-state index >= 15 is 0 Å². The highest BCUT2D eigenvalue weighted by molar-refractivity contribution is 5.99. The van der Waals surface area contributed by atoms with Crippen molar-refractivity contribution < 1.29 is 88.2 Å². The van der Waals surface area contributed by atoms with Gasteiger partial charge >= 0.3 is 11.9 Å². The van der Waals surface area contributed by atoms with Gasteiger partial charge in [0.25, 0.3) is 0 Å². The van der Waals surface area contributed by atoms with Gasteiger partial charge in [-0.05, 0) is 48.2 Å². The van der Waals surface area contributed by atoms with Crippen molar-refractivity contribution in [3.63, 3.8) is 0 Å². The Hall–Kier alpha value is -8.44. The number of carboxylic acid groups (broad SMARTS) is 2. The van der Waals surface area contributed by atoms with Crippen molar-refractivity contribution in [1.82, 2.24) is 42.5 Å². The Kier molecular flexibility index (Phi) is 24.1. The van der Waals surface area contributed by atoms with E-state index in [1.807, 2.05) is 10.6 Å². The molecule has 0 fully saturated rings. The summed E-state index contributed by atoms with van der Waals surface area (Å²) in [6.45, 7) is 1.96. The van der Waals surface area contributed by atoms with Crippen LogP contribution < -0.4 is 59.7 Å². The Labute approximate surface area is 415 Å². The number of carbonyl (C=O) groups excluding carboxylic acids is 10. The number of phenols is 2. The van der Waals surface area contributed by atoms with Gasteiger partial charge in [0.05, 0.1) is 44.6 Å². The number of carboxylic acids is 2. The van der Waals surface area contributed by atoms with Crippen LogP contribution in [0.3, 0.4) is 0 Å². The van der Waals surface area contributed by atoms with Crippen LogP contribution in [-0.2, 0) is 70.4 Å². The molecule has 0 aliphatic carbocycles. The van der Waals surface area contributed by atoms with Gasteiger partial charge in [-0.2, -0.15) is 0 Å². The molecule has 0 heterocycles.